The van der Waals surface area contributed by atoms with E-state index >= 15 is 0 Å². The van der Waals surface area contributed by atoms with Crippen molar-refractivity contribution in [2.75, 3.05) is 55.3 Å². The third-order valence-electron chi connectivity index (χ3n) is 7.36. The third kappa shape index (κ3) is 5.59. The zero-order chi connectivity index (χ0) is 25.9. The fraction of sp³-hybridized carbons (Fsp3) is 0.345. The van der Waals surface area contributed by atoms with Crippen LogP contribution in [0.1, 0.15) is 29.6 Å². The van der Waals surface area contributed by atoms with Gasteiger partial charge in [-0.1, -0.05) is 12.1 Å². The molecule has 0 spiro atoms. The first kappa shape index (κ1) is 24.8. The van der Waals surface area contributed by atoms with Crippen molar-refractivity contribution in [2.45, 2.75) is 19.3 Å². The minimum Gasteiger partial charge on any atom is -0.399 e. The number of carbonyl (C=O) groups is 3. The van der Waals surface area contributed by atoms with E-state index in [1.54, 1.807) is 22.9 Å². The minimum absolute atomic E-state index is 0.0288. The maximum absolute atomic E-state index is 12.7. The second kappa shape index (κ2) is 10.6. The fourth-order valence-electron chi connectivity index (χ4n) is 5.15. The van der Waals surface area contributed by atoms with Crippen molar-refractivity contribution in [1.29, 1.82) is 0 Å². The molecule has 1 atom stereocenters. The number of carbonyl (C=O) groups excluding carboxylic acids is 3. The highest BCUT2D eigenvalue weighted by Crippen LogP contribution is 2.27. The van der Waals surface area contributed by atoms with Gasteiger partial charge in [0, 0.05) is 55.1 Å². The number of hydrogen-bond acceptors (Lipinski definition) is 5. The first-order chi connectivity index (χ1) is 17.9. The number of fused-ring (bicyclic) bond motifs is 1. The Kier molecular flexibility index (Phi) is 7.10. The Morgan fingerprint density at radius 3 is 2.46 bits per heavy atom. The highest BCUT2D eigenvalue weighted by Gasteiger charge is 2.31. The van der Waals surface area contributed by atoms with Gasteiger partial charge in [0.25, 0.3) is 5.91 Å². The standard InChI is InChI=1S/C29H33N5O3/c1-32(28(36)19-33-12-2-3-13-33)25-8-10-26(11-9-25)34-18-20(14-27(34)35)17-31-29(37)23-5-4-22-16-24(30)7-6-21(22)15-23/h4-11,15-16,20H,2-3,12-14,17-19,30H2,1H3,(H,31,37). The summed E-state index contributed by atoms with van der Waals surface area (Å²) in [7, 11) is 1.79. The molecule has 8 nitrogen and oxygen atoms in total. The molecule has 2 aliphatic rings. The van der Waals surface area contributed by atoms with Crippen LogP contribution in [0.5, 0.6) is 0 Å². The van der Waals surface area contributed by atoms with Crippen LogP contribution in [0.4, 0.5) is 17.1 Å². The average molecular weight is 500 g/mol. The minimum atomic E-state index is -0.157. The smallest absolute Gasteiger partial charge is 0.251 e. The van der Waals surface area contributed by atoms with Gasteiger partial charge in [0.05, 0.1) is 6.54 Å². The highest BCUT2D eigenvalue weighted by molar-refractivity contribution is 6.00. The van der Waals surface area contributed by atoms with E-state index in [-0.39, 0.29) is 23.6 Å². The first-order valence-electron chi connectivity index (χ1n) is 12.8. The maximum Gasteiger partial charge on any atom is 0.251 e. The SMILES string of the molecule is CN(C(=O)CN1CCCC1)c1ccc(N2CC(CNC(=O)c3ccc4cc(N)ccc4c3)CC2=O)cc1. The van der Waals surface area contributed by atoms with Crippen molar-refractivity contribution in [2.24, 2.45) is 5.92 Å². The van der Waals surface area contributed by atoms with Gasteiger partial charge in [-0.3, -0.25) is 19.3 Å². The Morgan fingerprint density at radius 2 is 1.70 bits per heavy atom. The van der Waals surface area contributed by atoms with E-state index in [4.69, 9.17) is 5.73 Å². The fourth-order valence-corrected chi connectivity index (χ4v) is 5.15. The van der Waals surface area contributed by atoms with E-state index < -0.39 is 0 Å². The summed E-state index contributed by atoms with van der Waals surface area (Å²) in [6.07, 6.45) is 2.69. The molecule has 5 rings (SSSR count). The number of nitrogens with two attached hydrogens (primary N) is 1. The van der Waals surface area contributed by atoms with Crippen LogP contribution < -0.4 is 20.9 Å². The van der Waals surface area contributed by atoms with Gasteiger partial charge in [0.2, 0.25) is 11.8 Å². The van der Waals surface area contributed by atoms with Gasteiger partial charge >= 0.3 is 0 Å². The number of benzene rings is 3. The highest BCUT2D eigenvalue weighted by atomic mass is 16.2. The van der Waals surface area contributed by atoms with E-state index in [2.05, 4.69) is 10.2 Å². The average Bonchev–Trinajstić information content (AvgIpc) is 3.55. The van der Waals surface area contributed by atoms with Crippen molar-refractivity contribution in [1.82, 2.24) is 10.2 Å². The predicted octanol–water partition coefficient (Wildman–Crippen LogP) is 3.26. The molecule has 192 valence electrons. The first-order valence-corrected chi connectivity index (χ1v) is 12.8. The quantitative estimate of drug-likeness (QED) is 0.486. The molecule has 2 saturated heterocycles. The van der Waals surface area contributed by atoms with Crippen molar-refractivity contribution in [3.63, 3.8) is 0 Å². The summed E-state index contributed by atoms with van der Waals surface area (Å²) in [5, 5.41) is 4.93. The monoisotopic (exact) mass is 499 g/mol. The van der Waals surface area contributed by atoms with Crippen LogP contribution in [-0.2, 0) is 9.59 Å². The summed E-state index contributed by atoms with van der Waals surface area (Å²) >= 11 is 0. The lowest BCUT2D eigenvalue weighted by atomic mass is 10.1. The number of anilines is 3. The second-order valence-electron chi connectivity index (χ2n) is 10.1. The summed E-state index contributed by atoms with van der Waals surface area (Å²) in [5.41, 5.74) is 8.71. The molecule has 37 heavy (non-hydrogen) atoms. The maximum atomic E-state index is 12.7. The van der Waals surface area contributed by atoms with E-state index in [0.717, 1.165) is 48.1 Å². The lowest BCUT2D eigenvalue weighted by Gasteiger charge is -2.22. The molecule has 0 radical (unpaired) electrons. The zero-order valence-electron chi connectivity index (χ0n) is 21.2. The molecule has 0 bridgehead atoms. The summed E-state index contributed by atoms with van der Waals surface area (Å²) in [4.78, 5) is 43.7. The normalized spacial score (nSPS) is 17.9. The number of nitrogen functional groups attached to an aromatic ring is 1. The third-order valence-corrected chi connectivity index (χ3v) is 7.36. The van der Waals surface area contributed by atoms with Gasteiger partial charge in [0.1, 0.15) is 0 Å². The molecule has 0 saturated carbocycles. The van der Waals surface area contributed by atoms with Gasteiger partial charge in [-0.2, -0.15) is 0 Å². The second-order valence-corrected chi connectivity index (χ2v) is 10.1. The zero-order valence-corrected chi connectivity index (χ0v) is 21.2. The Bertz CT molecular complexity index is 1320. The van der Waals surface area contributed by atoms with Gasteiger partial charge < -0.3 is 20.9 Å². The van der Waals surface area contributed by atoms with Crippen LogP contribution >= 0.6 is 0 Å². The Labute approximate surface area is 217 Å². The lowest BCUT2D eigenvalue weighted by Crippen LogP contribution is -2.37. The van der Waals surface area contributed by atoms with Crippen molar-refractivity contribution < 1.29 is 14.4 Å². The summed E-state index contributed by atoms with van der Waals surface area (Å²) < 4.78 is 0. The van der Waals surface area contributed by atoms with Crippen LogP contribution in [-0.4, -0.2) is 62.4 Å². The predicted molar refractivity (Wildman–Crippen MR) is 147 cm³/mol. The van der Waals surface area contributed by atoms with E-state index in [9.17, 15) is 14.4 Å². The molecule has 3 amide bonds. The number of nitrogens with zero attached hydrogens (tertiary/aromatic N) is 3. The van der Waals surface area contributed by atoms with Crippen molar-refractivity contribution in [3.8, 4) is 0 Å². The molecule has 0 aromatic heterocycles. The van der Waals surface area contributed by atoms with Crippen LogP contribution in [0.3, 0.4) is 0 Å². The van der Waals surface area contributed by atoms with Gasteiger partial charge in [0.15, 0.2) is 0 Å². The molecule has 3 aromatic carbocycles. The van der Waals surface area contributed by atoms with Crippen molar-refractivity contribution in [3.05, 3.63) is 66.2 Å². The number of hydrogen-bond donors (Lipinski definition) is 2. The Balaban J connectivity index is 1.15. The van der Waals surface area contributed by atoms with E-state index in [0.29, 0.717) is 37.3 Å². The molecule has 2 heterocycles. The molecular weight excluding hydrogens is 466 g/mol. The van der Waals surface area contributed by atoms with Crippen LogP contribution in [0.2, 0.25) is 0 Å². The number of nitrogens with one attached hydrogen (secondary N) is 1. The topological polar surface area (TPSA) is 99.0 Å². The van der Waals surface area contributed by atoms with Gasteiger partial charge in [-0.15, -0.1) is 0 Å². The molecule has 0 aliphatic carbocycles. The number of likely N-dealkylation sites (tertiary alicyclic amines) is 1. The van der Waals surface area contributed by atoms with Crippen molar-refractivity contribution >= 4 is 45.6 Å². The molecular formula is C29H33N5O3. The molecule has 3 aromatic rings. The lowest BCUT2D eigenvalue weighted by molar-refractivity contribution is -0.119. The molecule has 8 heteroatoms. The van der Waals surface area contributed by atoms with Gasteiger partial charge in [-0.25, -0.2) is 0 Å². The summed E-state index contributed by atoms with van der Waals surface area (Å²) in [6, 6.07) is 18.7. The number of rotatable bonds is 7. The van der Waals surface area contributed by atoms with Gasteiger partial charge in [-0.05, 0) is 85.2 Å². The van der Waals surface area contributed by atoms with Crippen LogP contribution in [0.15, 0.2) is 60.7 Å². The molecule has 1 unspecified atom stereocenters. The summed E-state index contributed by atoms with van der Waals surface area (Å²) in [6.45, 7) is 3.36. The van der Waals surface area contributed by atoms with Crippen LogP contribution in [0, 0.1) is 5.92 Å². The van der Waals surface area contributed by atoms with Crippen LogP contribution in [0.25, 0.3) is 10.8 Å². The molecule has 2 aliphatic heterocycles. The Hall–Kier alpha value is -3.91. The van der Waals surface area contributed by atoms with E-state index in [1.807, 2.05) is 54.6 Å². The summed E-state index contributed by atoms with van der Waals surface area (Å²) in [5.74, 6) is -0.0243. The van der Waals surface area contributed by atoms with E-state index in [1.165, 1.54) is 0 Å². The number of likely N-dealkylation sites (N-methyl/N-ethyl adjacent to an activating group) is 1. The molecule has 2 fully saturated rings. The largest absolute Gasteiger partial charge is 0.399 e. The Morgan fingerprint density at radius 1 is 1.00 bits per heavy atom. The number of amides is 3. The molecule has 3 N–H and O–H groups in total.